The molecule has 0 spiro atoms. The Balaban J connectivity index is 3.50. The van der Waals surface area contributed by atoms with E-state index in [9.17, 15) is 4.79 Å². The summed E-state index contributed by atoms with van der Waals surface area (Å²) in [6.45, 7) is 4.94. The molecule has 1 unspecified atom stereocenters. The number of hydrogen-bond donors (Lipinski definition) is 2. The molecule has 2 N–H and O–H groups in total. The Morgan fingerprint density at radius 3 is 2.18 bits per heavy atom. The Bertz CT molecular complexity index is 463. The Morgan fingerprint density at radius 1 is 0.857 bits per heavy atom. The number of rotatable bonds is 18. The first-order valence-corrected chi connectivity index (χ1v) is 11.3. The van der Waals surface area contributed by atoms with Gasteiger partial charge in [-0.3, -0.25) is 4.79 Å². The first-order chi connectivity index (χ1) is 13.7. The van der Waals surface area contributed by atoms with E-state index < -0.39 is 0 Å². The fourth-order valence-electron chi connectivity index (χ4n) is 2.98. The lowest BCUT2D eigenvalue weighted by Crippen LogP contribution is -2.24. The molecule has 0 aromatic carbocycles. The minimum atomic E-state index is -0.191. The second-order valence-corrected chi connectivity index (χ2v) is 7.52. The highest BCUT2D eigenvalue weighted by Gasteiger charge is 2.01. The quantitative estimate of drug-likeness (QED) is 0.165. The third-order valence-corrected chi connectivity index (χ3v) is 4.72. The summed E-state index contributed by atoms with van der Waals surface area (Å²) in [6, 6.07) is 0. The zero-order valence-corrected chi connectivity index (χ0v) is 18.2. The molecule has 160 valence electrons. The lowest BCUT2D eigenvalue weighted by molar-refractivity contribution is -0.116. The standard InChI is InChI=1S/C25H43NO2/c1-3-4-16-19-24(2)20-17-14-12-10-8-6-5-7-9-11-13-15-18-21-25(28)26-22-23-27/h5,7,9,11,13,15,18,21,24,27H,3-4,6,8,10,12,14,16-17,19-20,22-23H2,1-2H3,(H,26,28)/b7-5-,11-9+,15-13-,21-18+. The van der Waals surface area contributed by atoms with Gasteiger partial charge >= 0.3 is 0 Å². The fourth-order valence-corrected chi connectivity index (χ4v) is 2.98. The first-order valence-electron chi connectivity index (χ1n) is 11.3. The molecule has 0 aliphatic carbocycles. The van der Waals surface area contributed by atoms with Crippen LogP contribution in [0.4, 0.5) is 0 Å². The van der Waals surface area contributed by atoms with Gasteiger partial charge in [-0.05, 0) is 18.8 Å². The van der Waals surface area contributed by atoms with Crippen molar-refractivity contribution in [2.45, 2.75) is 84.5 Å². The number of amides is 1. The summed E-state index contributed by atoms with van der Waals surface area (Å²) < 4.78 is 0. The maximum Gasteiger partial charge on any atom is 0.244 e. The van der Waals surface area contributed by atoms with Crippen molar-refractivity contribution in [1.29, 1.82) is 0 Å². The van der Waals surface area contributed by atoms with E-state index in [0.717, 1.165) is 12.3 Å². The van der Waals surface area contributed by atoms with Crippen molar-refractivity contribution < 1.29 is 9.90 Å². The van der Waals surface area contributed by atoms with Crippen LogP contribution in [0.5, 0.6) is 0 Å². The van der Waals surface area contributed by atoms with Gasteiger partial charge in [-0.15, -0.1) is 0 Å². The molecule has 0 saturated heterocycles. The van der Waals surface area contributed by atoms with Crippen molar-refractivity contribution in [3.63, 3.8) is 0 Å². The zero-order chi connectivity index (χ0) is 20.7. The van der Waals surface area contributed by atoms with Crippen molar-refractivity contribution in [2.75, 3.05) is 13.2 Å². The van der Waals surface area contributed by atoms with Crippen LogP contribution in [0.15, 0.2) is 48.6 Å². The Hall–Kier alpha value is -1.61. The van der Waals surface area contributed by atoms with Crippen LogP contribution in [0.1, 0.15) is 84.5 Å². The van der Waals surface area contributed by atoms with Crippen molar-refractivity contribution >= 4 is 5.91 Å². The van der Waals surface area contributed by atoms with E-state index in [1.807, 2.05) is 24.3 Å². The Kier molecular flexibility index (Phi) is 20.4. The van der Waals surface area contributed by atoms with Crippen LogP contribution in [0, 0.1) is 5.92 Å². The summed E-state index contributed by atoms with van der Waals surface area (Å²) in [7, 11) is 0. The topological polar surface area (TPSA) is 49.3 Å². The van der Waals surface area contributed by atoms with Gasteiger partial charge in [0, 0.05) is 12.6 Å². The first kappa shape index (κ1) is 26.4. The summed E-state index contributed by atoms with van der Waals surface area (Å²) >= 11 is 0. The molecule has 0 bridgehead atoms. The van der Waals surface area contributed by atoms with Crippen LogP contribution in [-0.2, 0) is 4.79 Å². The summed E-state index contributed by atoms with van der Waals surface area (Å²) in [6.07, 6.45) is 30.0. The average Bonchev–Trinajstić information content (AvgIpc) is 2.69. The van der Waals surface area contributed by atoms with Gasteiger partial charge in [0.05, 0.1) is 6.61 Å². The molecule has 28 heavy (non-hydrogen) atoms. The zero-order valence-electron chi connectivity index (χ0n) is 18.2. The highest BCUT2D eigenvalue weighted by Crippen LogP contribution is 2.17. The molecule has 0 fully saturated rings. The van der Waals surface area contributed by atoms with Gasteiger partial charge in [0.25, 0.3) is 0 Å². The fraction of sp³-hybridized carbons (Fsp3) is 0.640. The predicted octanol–water partition coefficient (Wildman–Crippen LogP) is 6.27. The van der Waals surface area contributed by atoms with Crippen LogP contribution in [0.3, 0.4) is 0 Å². The third kappa shape index (κ3) is 20.7. The molecule has 0 aliphatic rings. The molecule has 3 nitrogen and oxygen atoms in total. The number of hydrogen-bond acceptors (Lipinski definition) is 2. The van der Waals surface area contributed by atoms with Crippen LogP contribution in [0.2, 0.25) is 0 Å². The largest absolute Gasteiger partial charge is 0.395 e. The monoisotopic (exact) mass is 389 g/mol. The molecule has 0 heterocycles. The predicted molar refractivity (Wildman–Crippen MR) is 122 cm³/mol. The second kappa shape index (κ2) is 21.7. The van der Waals surface area contributed by atoms with E-state index in [1.165, 1.54) is 70.3 Å². The maximum atomic E-state index is 11.2. The number of nitrogens with one attached hydrogen (secondary N) is 1. The van der Waals surface area contributed by atoms with E-state index in [4.69, 9.17) is 5.11 Å². The minimum Gasteiger partial charge on any atom is -0.395 e. The van der Waals surface area contributed by atoms with Gasteiger partial charge in [0.15, 0.2) is 0 Å². The number of unbranched alkanes of at least 4 members (excludes halogenated alkanes) is 7. The van der Waals surface area contributed by atoms with E-state index >= 15 is 0 Å². The smallest absolute Gasteiger partial charge is 0.244 e. The highest BCUT2D eigenvalue weighted by molar-refractivity contribution is 5.87. The minimum absolute atomic E-state index is 0.0387. The van der Waals surface area contributed by atoms with E-state index in [-0.39, 0.29) is 19.1 Å². The van der Waals surface area contributed by atoms with Crippen LogP contribution < -0.4 is 5.32 Å². The summed E-state index contributed by atoms with van der Waals surface area (Å²) in [4.78, 5) is 11.2. The number of aliphatic hydroxyl groups excluding tert-OH is 1. The van der Waals surface area contributed by atoms with Crippen molar-refractivity contribution in [3.05, 3.63) is 48.6 Å². The Labute approximate surface area is 173 Å². The lowest BCUT2D eigenvalue weighted by atomic mass is 9.96. The van der Waals surface area contributed by atoms with Gasteiger partial charge < -0.3 is 10.4 Å². The molecule has 0 aromatic heterocycles. The number of allylic oxidation sites excluding steroid dienone is 7. The molecule has 0 radical (unpaired) electrons. The SMILES string of the molecule is CCCCCC(C)CCCCCCC\C=C/C=C/C=C\C=C\C(=O)NCCO. The van der Waals surface area contributed by atoms with E-state index in [0.29, 0.717) is 0 Å². The van der Waals surface area contributed by atoms with Gasteiger partial charge in [-0.2, -0.15) is 0 Å². The molecule has 0 aromatic rings. The normalized spacial score (nSPS) is 13.4. The number of aliphatic hydroxyl groups is 1. The molecule has 3 heteroatoms. The second-order valence-electron chi connectivity index (χ2n) is 7.52. The van der Waals surface area contributed by atoms with Gasteiger partial charge in [0.2, 0.25) is 5.91 Å². The summed E-state index contributed by atoms with van der Waals surface area (Å²) in [5, 5.41) is 11.1. The molecular formula is C25H43NO2. The molecular weight excluding hydrogens is 346 g/mol. The molecule has 0 rings (SSSR count). The van der Waals surface area contributed by atoms with E-state index in [1.54, 1.807) is 6.08 Å². The maximum absolute atomic E-state index is 11.2. The van der Waals surface area contributed by atoms with Crippen LogP contribution in [0.25, 0.3) is 0 Å². The van der Waals surface area contributed by atoms with Gasteiger partial charge in [-0.1, -0.05) is 114 Å². The summed E-state index contributed by atoms with van der Waals surface area (Å²) in [5.74, 6) is 0.721. The van der Waals surface area contributed by atoms with Crippen molar-refractivity contribution in [2.24, 2.45) is 5.92 Å². The van der Waals surface area contributed by atoms with Gasteiger partial charge in [-0.25, -0.2) is 0 Å². The van der Waals surface area contributed by atoms with E-state index in [2.05, 4.69) is 31.3 Å². The Morgan fingerprint density at radius 2 is 1.46 bits per heavy atom. The molecule has 1 amide bonds. The number of carbonyl (C=O) groups excluding carboxylic acids is 1. The van der Waals surface area contributed by atoms with Crippen LogP contribution in [-0.4, -0.2) is 24.2 Å². The molecule has 0 saturated carbocycles. The highest BCUT2D eigenvalue weighted by atomic mass is 16.3. The lowest BCUT2D eigenvalue weighted by Gasteiger charge is -2.10. The van der Waals surface area contributed by atoms with Crippen molar-refractivity contribution in [3.8, 4) is 0 Å². The van der Waals surface area contributed by atoms with Gasteiger partial charge in [0.1, 0.15) is 0 Å². The molecule has 0 aliphatic heterocycles. The summed E-state index contributed by atoms with van der Waals surface area (Å²) in [5.41, 5.74) is 0. The third-order valence-electron chi connectivity index (χ3n) is 4.72. The number of carbonyl (C=O) groups is 1. The average molecular weight is 390 g/mol. The van der Waals surface area contributed by atoms with Crippen molar-refractivity contribution in [1.82, 2.24) is 5.32 Å². The van der Waals surface area contributed by atoms with Crippen LogP contribution >= 0.6 is 0 Å². The molecule has 1 atom stereocenters.